The number of hydrogen-bond acceptors (Lipinski definition) is 24. The third kappa shape index (κ3) is 38.9. The Labute approximate surface area is 615 Å². The fraction of sp³-hybridized carbons (Fsp3) is 0.742. The van der Waals surface area contributed by atoms with Crippen molar-refractivity contribution in [3.63, 3.8) is 0 Å². The van der Waals surface area contributed by atoms with E-state index in [9.17, 15) is 67.4 Å². The van der Waals surface area contributed by atoms with Crippen LogP contribution in [0, 0.1) is 35.5 Å². The van der Waals surface area contributed by atoms with Crippen molar-refractivity contribution in [2.75, 3.05) is 75.7 Å². The van der Waals surface area contributed by atoms with Crippen molar-refractivity contribution in [3.05, 3.63) is 25.3 Å². The molecular weight excluding hydrogens is 1340 g/mol. The van der Waals surface area contributed by atoms with Crippen LogP contribution in [-0.2, 0) is 95.5 Å². The van der Waals surface area contributed by atoms with Crippen LogP contribution >= 0.6 is 0 Å². The van der Waals surface area contributed by atoms with Crippen LogP contribution in [-0.4, -0.2) is 298 Å². The molecule has 0 aromatic carbocycles. The lowest BCUT2D eigenvalue weighted by atomic mass is 9.96. The van der Waals surface area contributed by atoms with Gasteiger partial charge >= 0.3 is 35.8 Å². The van der Waals surface area contributed by atoms with Crippen LogP contribution in [0.2, 0.25) is 0 Å². The second-order valence-corrected chi connectivity index (χ2v) is 25.1. The molecule has 0 saturated carbocycles. The predicted octanol–water partition coefficient (Wildman–Crippen LogP) is -0.00940. The van der Waals surface area contributed by atoms with Crippen LogP contribution in [0.3, 0.4) is 0 Å². The predicted molar refractivity (Wildman–Crippen MR) is 381 cm³/mol. The first-order valence-electron chi connectivity index (χ1n) is 33.7. The van der Waals surface area contributed by atoms with Gasteiger partial charge in [0.1, 0.15) is 6.61 Å². The van der Waals surface area contributed by atoms with Crippen LogP contribution in [0.25, 0.3) is 0 Å². The molecule has 7 amide bonds. The molecule has 0 bridgehead atoms. The molecule has 7 heterocycles. The quantitative estimate of drug-likeness (QED) is 0.0463. The largest absolute Gasteiger partial charge is 0.469 e. The van der Waals surface area contributed by atoms with Gasteiger partial charge in [-0.1, -0.05) is 60.6 Å². The van der Waals surface area contributed by atoms with Gasteiger partial charge in [0.25, 0.3) is 0 Å². The van der Waals surface area contributed by atoms with Gasteiger partial charge in [-0.05, 0) is 67.6 Å². The highest BCUT2D eigenvalue weighted by Crippen LogP contribution is 2.29. The van der Waals surface area contributed by atoms with Gasteiger partial charge < -0.3 is 87.8 Å². The summed E-state index contributed by atoms with van der Waals surface area (Å²) in [4.78, 5) is 146. The smallest absolute Gasteiger partial charge is 0.331 e. The molecule has 5 N–H and O–H groups in total. The number of aliphatic hydroxyl groups is 4. The average Bonchev–Trinajstić information content (AvgIpc) is 1.74. The van der Waals surface area contributed by atoms with E-state index in [4.69, 9.17) is 67.9 Å². The normalized spacial score (nSPS) is 25.4. The molecule has 14 unspecified atom stereocenters. The number of carbonyl (C=O) groups is 13. The Morgan fingerprint density at radius 2 is 0.816 bits per heavy atom. The third-order valence-corrected chi connectivity index (χ3v) is 17.2. The van der Waals surface area contributed by atoms with Gasteiger partial charge in [0, 0.05) is 101 Å². The Balaban J connectivity index is -0.00000110. The summed E-state index contributed by atoms with van der Waals surface area (Å²) in [5, 5.41) is 38.3. The molecular formula is C66H109B6N7O24. The second kappa shape index (κ2) is 55.3. The summed E-state index contributed by atoms with van der Waals surface area (Å²) in [6.07, 6.45) is 10.5. The third-order valence-electron chi connectivity index (χ3n) is 17.2. The first-order valence-corrected chi connectivity index (χ1v) is 33.7. The summed E-state index contributed by atoms with van der Waals surface area (Å²) in [7, 11) is 40.9. The number of hydrogen-bond donors (Lipinski definition) is 5. The zero-order valence-corrected chi connectivity index (χ0v) is 62.6. The number of amides is 7. The van der Waals surface area contributed by atoms with E-state index in [0.29, 0.717) is 88.9 Å². The molecule has 14 atom stereocenters. The zero-order chi connectivity index (χ0) is 80.0. The minimum absolute atomic E-state index is 0.00231. The minimum Gasteiger partial charge on any atom is -0.469 e. The maximum absolute atomic E-state index is 11.3. The number of rotatable bonds is 20. The standard InChI is InChI=1S/C10H16BNO3.2C9H14BNO4.C7H10BNO.2C6H10BNO2.C6H11NO2.C5H10O2.C5H8O2.C3H6O2/c1-7-6-9(13)12(11)8(7)4-3-5-10(14)15-2;1-6-3-8(12)11(10)7(6)4-15-5-9(13)14-2;1-15-9(14)4-2-3-6-7(12)5-8(13)11(6)10;1-3-6-5(2)4-7(10)9(6)8;2*1-4-2-6(10)8(7)5(4)3-9;1-4-2-6(9)7-5(4)3-8;2*1-3-4-5(6)7-2;1-3(4)5-2/h7-8H,3-6H2,1-2H3;6-7H,3-5H2,1-2H3;6-7,12H,2-5H2,1H3;3,5-6H,1,4H2,2H3;2*4-5,9H,2-3H2,1H3;4-5,8H,2-3H2,1H3,(H,7,9);3-4H2,1-2H3;3H,1,4H2,2H3;1-2H3. The van der Waals surface area contributed by atoms with Crippen molar-refractivity contribution in [1.29, 1.82) is 0 Å². The molecule has 0 aliphatic carbocycles. The van der Waals surface area contributed by atoms with Crippen molar-refractivity contribution in [1.82, 2.24) is 34.2 Å². The molecule has 0 aromatic rings. The maximum Gasteiger partial charge on any atom is 0.331 e. The number of esters is 6. The summed E-state index contributed by atoms with van der Waals surface area (Å²) < 4.78 is 31.3. The first-order chi connectivity index (χ1) is 48.3. The lowest BCUT2D eigenvalue weighted by Gasteiger charge is -2.23. The van der Waals surface area contributed by atoms with Crippen LogP contribution in [0.1, 0.15) is 158 Å². The Kier molecular flexibility index (Phi) is 53.7. The zero-order valence-electron chi connectivity index (χ0n) is 62.6. The number of nitrogens with zero attached hydrogens (tertiary/aromatic N) is 6. The highest BCUT2D eigenvalue weighted by atomic mass is 16.6. The summed E-state index contributed by atoms with van der Waals surface area (Å²) in [5.41, 5.74) is 0. The molecule has 0 spiro atoms. The summed E-state index contributed by atoms with van der Waals surface area (Å²) in [5.74, 6) is -0.587. The van der Waals surface area contributed by atoms with E-state index in [0.717, 1.165) is 27.3 Å². The molecule has 103 heavy (non-hydrogen) atoms. The van der Waals surface area contributed by atoms with E-state index in [1.807, 2.05) is 48.5 Å². The van der Waals surface area contributed by atoms with E-state index in [1.54, 1.807) is 6.08 Å². The molecule has 31 nitrogen and oxygen atoms in total. The maximum atomic E-state index is 11.3. The van der Waals surface area contributed by atoms with Crippen molar-refractivity contribution < 1.29 is 116 Å². The SMILES string of the molecule is C=CCC(=O)OC.CC1CC(=O)NC1CO.CCCC(=O)OC.COC(C)=O.[B]N1C(=O)CC(C)C1C=C.[B]N1C(=O)CC(C)C1CCCC(=O)OC.[B]N1C(=O)CC(C)C1CO.[B]N1C(=O)CC(C)C1CO.[B]N1C(=O)CC(C)C1COCC(=O)OC.[B]N1C(=O)CC(O)C1CCCC(=O)OC. The summed E-state index contributed by atoms with van der Waals surface area (Å²) in [6, 6.07) is -0.767. The lowest BCUT2D eigenvalue weighted by molar-refractivity contribution is -0.146. The van der Waals surface area contributed by atoms with E-state index in [1.165, 1.54) is 70.1 Å². The van der Waals surface area contributed by atoms with Gasteiger partial charge in [-0.2, -0.15) is 0 Å². The van der Waals surface area contributed by atoms with Gasteiger partial charge in [-0.15, -0.1) is 13.2 Å². The summed E-state index contributed by atoms with van der Waals surface area (Å²) >= 11 is 0. The molecule has 570 valence electrons. The van der Waals surface area contributed by atoms with Gasteiger partial charge in [-0.25, -0.2) is 4.79 Å². The first kappa shape index (κ1) is 100.0. The van der Waals surface area contributed by atoms with Crippen molar-refractivity contribution in [2.45, 2.75) is 207 Å². The van der Waals surface area contributed by atoms with Crippen LogP contribution in [0.5, 0.6) is 0 Å². The molecule has 7 aliphatic heterocycles. The van der Waals surface area contributed by atoms with E-state index < -0.39 is 12.1 Å². The highest BCUT2D eigenvalue weighted by molar-refractivity contribution is 6.17. The number of nitrogens with one attached hydrogen (secondary N) is 1. The Morgan fingerprint density at radius 3 is 1.05 bits per heavy atom. The number of aliphatic hydroxyl groups excluding tert-OH is 4. The molecule has 37 heteroatoms. The van der Waals surface area contributed by atoms with Crippen LogP contribution in [0.15, 0.2) is 25.3 Å². The van der Waals surface area contributed by atoms with Crippen molar-refractivity contribution >= 4 is 125 Å². The fourth-order valence-corrected chi connectivity index (χ4v) is 10.5. The van der Waals surface area contributed by atoms with E-state index in [-0.39, 0.29) is 183 Å². The van der Waals surface area contributed by atoms with Gasteiger partial charge in [-0.3, -0.25) is 57.5 Å². The van der Waals surface area contributed by atoms with Crippen LogP contribution < -0.4 is 5.32 Å². The fourth-order valence-electron chi connectivity index (χ4n) is 10.5. The number of ether oxygens (including phenoxy) is 7. The highest BCUT2D eigenvalue weighted by Gasteiger charge is 2.38. The van der Waals surface area contributed by atoms with Gasteiger partial charge in [0.15, 0.2) is 0 Å². The van der Waals surface area contributed by atoms with Gasteiger partial charge in [0.2, 0.25) is 89.2 Å². The van der Waals surface area contributed by atoms with Crippen LogP contribution in [0.4, 0.5) is 0 Å². The molecule has 12 radical (unpaired) electrons. The Morgan fingerprint density at radius 1 is 0.466 bits per heavy atom. The molecule has 7 saturated heterocycles. The van der Waals surface area contributed by atoms with E-state index in [2.05, 4.69) is 46.9 Å². The van der Waals surface area contributed by atoms with Gasteiger partial charge in [0.05, 0.1) is 94.1 Å². The topological polar surface area (TPSA) is 399 Å². The lowest BCUT2D eigenvalue weighted by Crippen LogP contribution is -2.36. The molecule has 0 aromatic heterocycles. The molecule has 7 rings (SSSR count). The Bertz CT molecular complexity index is 2500. The van der Waals surface area contributed by atoms with Crippen molar-refractivity contribution in [3.8, 4) is 0 Å². The second-order valence-electron chi connectivity index (χ2n) is 25.1. The monoisotopic (exact) mass is 1450 g/mol. The number of carbonyl (C=O) groups excluding carboxylic acids is 13. The van der Waals surface area contributed by atoms with E-state index >= 15 is 0 Å². The molecule has 7 aliphatic rings. The molecule has 7 fully saturated rings. The summed E-state index contributed by atoms with van der Waals surface area (Å²) in [6.45, 7) is 22.1. The average molecular weight is 1450 g/mol. The minimum atomic E-state index is -0.722. The number of methoxy groups -OCH3 is 6. The Hall–Kier alpha value is -7.22. The van der Waals surface area contributed by atoms with Crippen molar-refractivity contribution in [2.24, 2.45) is 35.5 Å².